The van der Waals surface area contributed by atoms with Crippen LogP contribution in [0.25, 0.3) is 0 Å². The third-order valence-electron chi connectivity index (χ3n) is 3.11. The molecule has 0 saturated carbocycles. The lowest BCUT2D eigenvalue weighted by atomic mass is 10.2. The van der Waals surface area contributed by atoms with Gasteiger partial charge in [-0.15, -0.1) is 5.06 Å². The number of hydroxylamine groups is 2. The van der Waals surface area contributed by atoms with Crippen LogP contribution in [0.3, 0.4) is 0 Å². The molecule has 6 nitrogen and oxygen atoms in total. The van der Waals surface area contributed by atoms with E-state index in [2.05, 4.69) is 0 Å². The average molecular weight is 279 g/mol. The van der Waals surface area contributed by atoms with Crippen LogP contribution in [0.5, 0.6) is 5.75 Å². The minimum Gasteiger partial charge on any atom is -0.492 e. The summed E-state index contributed by atoms with van der Waals surface area (Å²) in [5, 5.41) is 10.4. The maximum absolute atomic E-state index is 11.0. The Balaban J connectivity index is 1.88. The van der Waals surface area contributed by atoms with Gasteiger partial charge in [-0.1, -0.05) is 0 Å². The van der Waals surface area contributed by atoms with Gasteiger partial charge in [0.05, 0.1) is 11.6 Å². The van der Waals surface area contributed by atoms with Gasteiger partial charge in [0.25, 0.3) is 0 Å². The highest BCUT2D eigenvalue weighted by Crippen LogP contribution is 2.20. The van der Waals surface area contributed by atoms with Gasteiger partial charge in [0, 0.05) is 13.5 Å². The number of ether oxygens (including phenoxy) is 1. The summed E-state index contributed by atoms with van der Waals surface area (Å²) in [6.45, 7) is 2.49. The highest BCUT2D eigenvalue weighted by molar-refractivity contribution is 5.87. The van der Waals surface area contributed by atoms with Crippen molar-refractivity contribution in [2.45, 2.75) is 25.8 Å². The van der Waals surface area contributed by atoms with Crippen molar-refractivity contribution in [2.75, 3.05) is 13.2 Å². The Morgan fingerprint density at radius 3 is 2.65 bits per heavy atom. The number of benzene rings is 1. The van der Waals surface area contributed by atoms with Crippen LogP contribution in [0.2, 0.25) is 0 Å². The van der Waals surface area contributed by atoms with Crippen molar-refractivity contribution in [3.8, 4) is 5.75 Å². The van der Waals surface area contributed by atoms with Gasteiger partial charge in [-0.05, 0) is 37.1 Å². The molecule has 1 unspecified atom stereocenters. The quantitative estimate of drug-likeness (QED) is 0.884. The highest BCUT2D eigenvalue weighted by Gasteiger charge is 2.27. The second-order valence-electron chi connectivity index (χ2n) is 4.66. The molecule has 1 aromatic rings. The second kappa shape index (κ2) is 6.38. The zero-order valence-corrected chi connectivity index (χ0v) is 11.2. The summed E-state index contributed by atoms with van der Waals surface area (Å²) in [6.07, 6.45) is 1.86. The van der Waals surface area contributed by atoms with Crippen LogP contribution in [-0.2, 0) is 9.63 Å². The average Bonchev–Trinajstić information content (AvgIpc) is 2.83. The van der Waals surface area contributed by atoms with E-state index in [0.717, 1.165) is 12.8 Å². The number of carbonyl (C=O) groups is 2. The van der Waals surface area contributed by atoms with E-state index < -0.39 is 5.97 Å². The molecule has 1 aromatic carbocycles. The first-order chi connectivity index (χ1) is 9.56. The molecule has 108 valence electrons. The molecule has 1 saturated heterocycles. The number of carboxylic acid groups (broad SMARTS) is 1. The molecule has 1 fully saturated rings. The number of hydrogen-bond acceptors (Lipinski definition) is 5. The Bertz CT molecular complexity index is 485. The summed E-state index contributed by atoms with van der Waals surface area (Å²) < 4.78 is 5.61. The van der Waals surface area contributed by atoms with Gasteiger partial charge in [0.2, 0.25) is 0 Å². The van der Waals surface area contributed by atoms with Crippen LogP contribution in [0.15, 0.2) is 24.3 Å². The molecule has 0 spiro atoms. The zero-order valence-electron chi connectivity index (χ0n) is 11.2. The largest absolute Gasteiger partial charge is 0.492 e. The van der Waals surface area contributed by atoms with Crippen molar-refractivity contribution in [3.63, 3.8) is 0 Å². The van der Waals surface area contributed by atoms with Crippen molar-refractivity contribution < 1.29 is 24.3 Å². The van der Waals surface area contributed by atoms with Gasteiger partial charge in [0.1, 0.15) is 12.4 Å². The second-order valence-corrected chi connectivity index (χ2v) is 4.66. The van der Waals surface area contributed by atoms with E-state index >= 15 is 0 Å². The molecule has 20 heavy (non-hydrogen) atoms. The van der Waals surface area contributed by atoms with Crippen molar-refractivity contribution in [1.82, 2.24) is 5.06 Å². The van der Waals surface area contributed by atoms with Gasteiger partial charge in [-0.3, -0.25) is 4.79 Å². The van der Waals surface area contributed by atoms with Crippen LogP contribution in [-0.4, -0.2) is 41.3 Å². The van der Waals surface area contributed by atoms with Crippen molar-refractivity contribution in [2.24, 2.45) is 0 Å². The third kappa shape index (κ3) is 3.71. The summed E-state index contributed by atoms with van der Waals surface area (Å²) in [7, 11) is 0. The Morgan fingerprint density at radius 2 is 2.05 bits per heavy atom. The van der Waals surface area contributed by atoms with Gasteiger partial charge >= 0.3 is 11.9 Å². The van der Waals surface area contributed by atoms with Crippen LogP contribution >= 0.6 is 0 Å². The van der Waals surface area contributed by atoms with Crippen molar-refractivity contribution in [3.05, 3.63) is 29.8 Å². The zero-order chi connectivity index (χ0) is 14.5. The highest BCUT2D eigenvalue weighted by atomic mass is 16.7. The van der Waals surface area contributed by atoms with Crippen LogP contribution in [0.4, 0.5) is 0 Å². The summed E-state index contributed by atoms with van der Waals surface area (Å²) in [6, 6.07) is 6.27. The molecule has 0 radical (unpaired) electrons. The fraction of sp³-hybridized carbons (Fsp3) is 0.429. The summed E-state index contributed by atoms with van der Waals surface area (Å²) in [5.41, 5.74) is 0.222. The first-order valence-corrected chi connectivity index (χ1v) is 6.47. The van der Waals surface area contributed by atoms with Crippen LogP contribution < -0.4 is 4.74 Å². The standard InChI is InChI=1S/C14H17NO5/c1-10(16)20-15-8-2-3-12(15)9-19-13-6-4-11(5-7-13)14(17)18/h4-7,12H,2-3,8-9H2,1H3,(H,17,18). The molecular weight excluding hydrogens is 262 g/mol. The Labute approximate surface area is 116 Å². The van der Waals surface area contributed by atoms with Gasteiger partial charge in [-0.25, -0.2) is 4.79 Å². The number of aromatic carboxylic acids is 1. The van der Waals surface area contributed by atoms with E-state index in [1.54, 1.807) is 17.2 Å². The fourth-order valence-electron chi connectivity index (χ4n) is 2.15. The predicted molar refractivity (Wildman–Crippen MR) is 70.4 cm³/mol. The summed E-state index contributed by atoms with van der Waals surface area (Å²) in [5.74, 6) is -0.694. The Kier molecular flexibility index (Phi) is 4.57. The first-order valence-electron chi connectivity index (χ1n) is 6.47. The first kappa shape index (κ1) is 14.3. The predicted octanol–water partition coefficient (Wildman–Crippen LogP) is 1.71. The molecule has 1 atom stereocenters. The Morgan fingerprint density at radius 1 is 1.35 bits per heavy atom. The smallest absolute Gasteiger partial charge is 0.335 e. The van der Waals surface area contributed by atoms with E-state index in [1.165, 1.54) is 19.1 Å². The van der Waals surface area contributed by atoms with E-state index in [4.69, 9.17) is 14.7 Å². The number of hydrogen-bond donors (Lipinski definition) is 1. The van der Waals surface area contributed by atoms with Crippen molar-refractivity contribution in [1.29, 1.82) is 0 Å². The maximum atomic E-state index is 11.0. The summed E-state index contributed by atoms with van der Waals surface area (Å²) >= 11 is 0. The monoisotopic (exact) mass is 279 g/mol. The lowest BCUT2D eigenvalue weighted by Gasteiger charge is -2.22. The molecular formula is C14H17NO5. The molecule has 1 aliphatic heterocycles. The minimum absolute atomic E-state index is 0.0399. The molecule has 1 heterocycles. The number of rotatable bonds is 5. The number of nitrogens with zero attached hydrogens (tertiary/aromatic N) is 1. The SMILES string of the molecule is CC(=O)ON1CCCC1COc1ccc(C(=O)O)cc1. The molecule has 0 aliphatic carbocycles. The van der Waals surface area contributed by atoms with Crippen LogP contribution in [0, 0.1) is 0 Å². The van der Waals surface area contributed by atoms with Gasteiger partial charge < -0.3 is 14.7 Å². The number of carbonyl (C=O) groups excluding carboxylic acids is 1. The normalized spacial score (nSPS) is 18.8. The topological polar surface area (TPSA) is 76.1 Å². The number of carboxylic acids is 1. The molecule has 1 N–H and O–H groups in total. The molecule has 6 heteroatoms. The van der Waals surface area contributed by atoms with Crippen molar-refractivity contribution >= 4 is 11.9 Å². The van der Waals surface area contributed by atoms with E-state index in [1.807, 2.05) is 0 Å². The van der Waals surface area contributed by atoms with Crippen LogP contribution in [0.1, 0.15) is 30.1 Å². The van der Waals surface area contributed by atoms with E-state index in [-0.39, 0.29) is 17.6 Å². The molecule has 0 aromatic heterocycles. The Hall–Kier alpha value is -2.08. The lowest BCUT2D eigenvalue weighted by Crippen LogP contribution is -2.35. The lowest BCUT2D eigenvalue weighted by molar-refractivity contribution is -0.193. The maximum Gasteiger partial charge on any atom is 0.335 e. The molecule has 2 rings (SSSR count). The molecule has 0 amide bonds. The summed E-state index contributed by atoms with van der Waals surface area (Å²) in [4.78, 5) is 26.8. The molecule has 1 aliphatic rings. The van der Waals surface area contributed by atoms with Gasteiger partial charge in [0.15, 0.2) is 0 Å². The molecule has 0 bridgehead atoms. The van der Waals surface area contributed by atoms with E-state index in [0.29, 0.717) is 18.9 Å². The fourth-order valence-corrected chi connectivity index (χ4v) is 2.15. The minimum atomic E-state index is -0.964. The van der Waals surface area contributed by atoms with E-state index in [9.17, 15) is 9.59 Å². The third-order valence-corrected chi connectivity index (χ3v) is 3.11. The van der Waals surface area contributed by atoms with Gasteiger partial charge in [-0.2, -0.15) is 0 Å².